The van der Waals surface area contributed by atoms with E-state index in [1.165, 1.54) is 0 Å². The summed E-state index contributed by atoms with van der Waals surface area (Å²) in [7, 11) is 1.76. The summed E-state index contributed by atoms with van der Waals surface area (Å²) in [6.45, 7) is 0.825. The SMILES string of the molecule is CN1CC(NC(=O)OCc2ccccc2)C(C(F)F)C1. The lowest BCUT2D eigenvalue weighted by Gasteiger charge is -2.18. The zero-order valence-electron chi connectivity index (χ0n) is 11.3. The maximum absolute atomic E-state index is 12.8. The lowest BCUT2D eigenvalue weighted by atomic mass is 10.1. The van der Waals surface area contributed by atoms with Crippen molar-refractivity contribution < 1.29 is 18.3 Å². The van der Waals surface area contributed by atoms with Gasteiger partial charge in [0, 0.05) is 13.1 Å². The van der Waals surface area contributed by atoms with Crippen molar-refractivity contribution in [1.29, 1.82) is 0 Å². The Labute approximate surface area is 116 Å². The van der Waals surface area contributed by atoms with Gasteiger partial charge in [0.05, 0.1) is 12.0 Å². The molecule has 1 N–H and O–H groups in total. The van der Waals surface area contributed by atoms with Gasteiger partial charge in [-0.1, -0.05) is 30.3 Å². The van der Waals surface area contributed by atoms with Gasteiger partial charge in [-0.25, -0.2) is 13.6 Å². The monoisotopic (exact) mass is 284 g/mol. The average molecular weight is 284 g/mol. The summed E-state index contributed by atoms with van der Waals surface area (Å²) in [6.07, 6.45) is -3.10. The Morgan fingerprint density at radius 3 is 2.75 bits per heavy atom. The summed E-state index contributed by atoms with van der Waals surface area (Å²) < 4.78 is 30.7. The molecule has 20 heavy (non-hydrogen) atoms. The number of hydrogen-bond donors (Lipinski definition) is 1. The fraction of sp³-hybridized carbons (Fsp3) is 0.500. The van der Waals surface area contributed by atoms with Crippen molar-refractivity contribution in [2.45, 2.75) is 19.1 Å². The number of amides is 1. The minimum Gasteiger partial charge on any atom is -0.445 e. The molecule has 0 radical (unpaired) electrons. The van der Waals surface area contributed by atoms with E-state index >= 15 is 0 Å². The lowest BCUT2D eigenvalue weighted by Crippen LogP contribution is -2.42. The van der Waals surface area contributed by atoms with Crippen molar-refractivity contribution in [3.63, 3.8) is 0 Å². The van der Waals surface area contributed by atoms with Gasteiger partial charge in [-0.05, 0) is 12.6 Å². The van der Waals surface area contributed by atoms with Crippen molar-refractivity contribution in [1.82, 2.24) is 10.2 Å². The van der Waals surface area contributed by atoms with Gasteiger partial charge in [0.1, 0.15) is 6.61 Å². The summed E-state index contributed by atoms with van der Waals surface area (Å²) >= 11 is 0. The number of alkyl halides is 2. The highest BCUT2D eigenvalue weighted by Gasteiger charge is 2.38. The molecule has 4 nitrogen and oxygen atoms in total. The van der Waals surface area contributed by atoms with Crippen LogP contribution in [0.25, 0.3) is 0 Å². The predicted molar refractivity (Wildman–Crippen MR) is 70.5 cm³/mol. The Kier molecular flexibility index (Phi) is 4.89. The third-order valence-corrected chi connectivity index (χ3v) is 3.39. The van der Waals surface area contributed by atoms with Crippen LogP contribution in [0.2, 0.25) is 0 Å². The number of likely N-dealkylation sites (N-methyl/N-ethyl adjacent to an activating group) is 1. The Bertz CT molecular complexity index is 442. The molecule has 1 aromatic rings. The first-order valence-electron chi connectivity index (χ1n) is 6.50. The Balaban J connectivity index is 1.82. The second kappa shape index (κ2) is 6.65. The number of hydrogen-bond acceptors (Lipinski definition) is 3. The summed E-state index contributed by atoms with van der Waals surface area (Å²) in [4.78, 5) is 13.4. The van der Waals surface area contributed by atoms with Crippen LogP contribution >= 0.6 is 0 Å². The quantitative estimate of drug-likeness (QED) is 0.920. The molecular weight excluding hydrogens is 266 g/mol. The molecule has 1 heterocycles. The van der Waals surface area contributed by atoms with Crippen LogP contribution in [0.4, 0.5) is 13.6 Å². The van der Waals surface area contributed by atoms with Crippen molar-refractivity contribution >= 4 is 6.09 Å². The summed E-state index contributed by atoms with van der Waals surface area (Å²) in [5.74, 6) is -0.843. The van der Waals surface area contributed by atoms with E-state index in [4.69, 9.17) is 4.74 Å². The van der Waals surface area contributed by atoms with Gasteiger partial charge in [-0.2, -0.15) is 0 Å². The molecule has 0 aromatic heterocycles. The maximum Gasteiger partial charge on any atom is 0.407 e. The number of halogens is 2. The standard InChI is InChI=1S/C14H18F2N2O2/c1-18-7-11(13(15)16)12(8-18)17-14(19)20-9-10-5-3-2-4-6-10/h2-6,11-13H,7-9H2,1H3,(H,17,19). The van der Waals surface area contributed by atoms with Crippen LogP contribution in [-0.2, 0) is 11.3 Å². The first-order valence-corrected chi connectivity index (χ1v) is 6.50. The van der Waals surface area contributed by atoms with E-state index in [-0.39, 0.29) is 13.2 Å². The molecular formula is C14H18F2N2O2. The largest absolute Gasteiger partial charge is 0.445 e. The molecule has 0 bridgehead atoms. The highest BCUT2D eigenvalue weighted by atomic mass is 19.3. The first kappa shape index (κ1) is 14.7. The van der Waals surface area contributed by atoms with Crippen LogP contribution in [-0.4, -0.2) is 43.6 Å². The number of nitrogens with zero attached hydrogens (tertiary/aromatic N) is 1. The van der Waals surface area contributed by atoms with E-state index in [1.54, 1.807) is 11.9 Å². The number of nitrogens with one attached hydrogen (secondary N) is 1. The van der Waals surface area contributed by atoms with Gasteiger partial charge in [-0.15, -0.1) is 0 Å². The van der Waals surface area contributed by atoms with Crippen LogP contribution in [0.1, 0.15) is 5.56 Å². The van der Waals surface area contributed by atoms with E-state index in [0.717, 1.165) is 5.56 Å². The normalized spacial score (nSPS) is 23.0. The molecule has 1 aliphatic heterocycles. The number of carbonyl (C=O) groups excluding carboxylic acids is 1. The fourth-order valence-electron chi connectivity index (χ4n) is 2.36. The molecule has 1 fully saturated rings. The predicted octanol–water partition coefficient (Wildman–Crippen LogP) is 2.11. The molecule has 0 spiro atoms. The molecule has 1 amide bonds. The number of ether oxygens (including phenoxy) is 1. The van der Waals surface area contributed by atoms with Gasteiger partial charge in [0.15, 0.2) is 0 Å². The van der Waals surface area contributed by atoms with Crippen LogP contribution in [0.3, 0.4) is 0 Å². The van der Waals surface area contributed by atoms with Crippen molar-refractivity contribution in [3.05, 3.63) is 35.9 Å². The van der Waals surface area contributed by atoms with Crippen LogP contribution in [0.5, 0.6) is 0 Å². The first-order chi connectivity index (χ1) is 9.56. The van der Waals surface area contributed by atoms with Gasteiger partial charge in [-0.3, -0.25) is 0 Å². The summed E-state index contributed by atoms with van der Waals surface area (Å²) in [5.41, 5.74) is 0.858. The van der Waals surface area contributed by atoms with Crippen LogP contribution in [0.15, 0.2) is 30.3 Å². The molecule has 2 atom stereocenters. The topological polar surface area (TPSA) is 41.6 Å². The van der Waals surface area contributed by atoms with Gasteiger partial charge < -0.3 is 15.0 Å². The highest BCUT2D eigenvalue weighted by molar-refractivity contribution is 5.67. The summed E-state index contributed by atoms with van der Waals surface area (Å²) in [6, 6.07) is 8.65. The van der Waals surface area contributed by atoms with Crippen molar-refractivity contribution in [2.75, 3.05) is 20.1 Å². The van der Waals surface area contributed by atoms with Gasteiger partial charge in [0.2, 0.25) is 6.43 Å². The Morgan fingerprint density at radius 1 is 1.40 bits per heavy atom. The molecule has 6 heteroatoms. The third kappa shape index (κ3) is 3.90. The maximum atomic E-state index is 12.8. The lowest BCUT2D eigenvalue weighted by molar-refractivity contribution is 0.0671. The minimum atomic E-state index is -2.45. The molecule has 1 saturated heterocycles. The van der Waals surface area contributed by atoms with Crippen molar-refractivity contribution in [2.24, 2.45) is 5.92 Å². The van der Waals surface area contributed by atoms with E-state index in [9.17, 15) is 13.6 Å². The molecule has 0 saturated carbocycles. The molecule has 1 aliphatic rings. The van der Waals surface area contributed by atoms with E-state index in [0.29, 0.717) is 6.54 Å². The van der Waals surface area contributed by atoms with E-state index < -0.39 is 24.5 Å². The Morgan fingerprint density at radius 2 is 2.10 bits per heavy atom. The average Bonchev–Trinajstić information content (AvgIpc) is 2.79. The smallest absolute Gasteiger partial charge is 0.407 e. The van der Waals surface area contributed by atoms with Crippen LogP contribution in [0, 0.1) is 5.92 Å². The van der Waals surface area contributed by atoms with Gasteiger partial charge >= 0.3 is 6.09 Å². The zero-order chi connectivity index (χ0) is 14.5. The van der Waals surface area contributed by atoms with Gasteiger partial charge in [0.25, 0.3) is 0 Å². The second-order valence-electron chi connectivity index (χ2n) is 5.03. The van der Waals surface area contributed by atoms with Crippen molar-refractivity contribution in [3.8, 4) is 0 Å². The molecule has 1 aromatic carbocycles. The second-order valence-corrected chi connectivity index (χ2v) is 5.03. The number of benzene rings is 1. The van der Waals surface area contributed by atoms with Crippen LogP contribution < -0.4 is 5.32 Å². The number of carbonyl (C=O) groups is 1. The van der Waals surface area contributed by atoms with E-state index in [2.05, 4.69) is 5.32 Å². The highest BCUT2D eigenvalue weighted by Crippen LogP contribution is 2.22. The molecule has 110 valence electrons. The Hall–Kier alpha value is -1.69. The minimum absolute atomic E-state index is 0.134. The van der Waals surface area contributed by atoms with E-state index in [1.807, 2.05) is 30.3 Å². The molecule has 0 aliphatic carbocycles. The number of rotatable bonds is 4. The summed E-state index contributed by atoms with van der Waals surface area (Å²) in [5, 5.41) is 2.53. The zero-order valence-corrected chi connectivity index (χ0v) is 11.3. The number of likely N-dealkylation sites (tertiary alicyclic amines) is 1. The number of alkyl carbamates (subject to hydrolysis) is 1. The third-order valence-electron chi connectivity index (χ3n) is 3.39. The fourth-order valence-corrected chi connectivity index (χ4v) is 2.36. The molecule has 2 rings (SSSR count). The molecule has 2 unspecified atom stereocenters.